The Hall–Kier alpha value is -3.43. The molecular formula is C27H30FN3O4S. The summed E-state index contributed by atoms with van der Waals surface area (Å²) in [5, 5.41) is 2.61. The van der Waals surface area contributed by atoms with Crippen molar-refractivity contribution in [3.8, 4) is 5.75 Å². The number of carbonyl (C=O) groups excluding carboxylic acids is 1. The van der Waals surface area contributed by atoms with Gasteiger partial charge in [-0.15, -0.1) is 0 Å². The third-order valence-electron chi connectivity index (χ3n) is 6.41. The molecule has 0 saturated carbocycles. The third-order valence-corrected chi connectivity index (χ3v) is 8.31. The van der Waals surface area contributed by atoms with E-state index >= 15 is 0 Å². The van der Waals surface area contributed by atoms with Crippen molar-refractivity contribution in [1.29, 1.82) is 0 Å². The van der Waals surface area contributed by atoms with Crippen LogP contribution in [-0.4, -0.2) is 51.4 Å². The maximum atomic E-state index is 14.1. The van der Waals surface area contributed by atoms with E-state index in [0.29, 0.717) is 38.5 Å². The number of carbonyl (C=O) groups is 1. The maximum absolute atomic E-state index is 14.1. The smallest absolute Gasteiger partial charge is 0.258 e. The molecule has 7 nitrogen and oxygen atoms in total. The van der Waals surface area contributed by atoms with Crippen LogP contribution in [-0.2, 0) is 10.0 Å². The van der Waals surface area contributed by atoms with Crippen molar-refractivity contribution < 1.29 is 22.3 Å². The minimum Gasteiger partial charge on any atom is -0.492 e. The Morgan fingerprint density at radius 1 is 1.00 bits per heavy atom. The van der Waals surface area contributed by atoms with Gasteiger partial charge in [0, 0.05) is 31.9 Å². The number of hydrogen-bond donors (Lipinski definition) is 1. The van der Waals surface area contributed by atoms with Crippen molar-refractivity contribution in [3.05, 3.63) is 83.2 Å². The molecule has 1 fully saturated rings. The number of piperazine rings is 1. The fourth-order valence-electron chi connectivity index (χ4n) is 4.28. The lowest BCUT2D eigenvalue weighted by atomic mass is 10.1. The van der Waals surface area contributed by atoms with E-state index in [9.17, 15) is 17.6 Å². The van der Waals surface area contributed by atoms with Crippen molar-refractivity contribution >= 4 is 27.3 Å². The zero-order valence-electron chi connectivity index (χ0n) is 20.6. The second-order valence-corrected chi connectivity index (χ2v) is 10.6. The molecule has 0 atom stereocenters. The van der Waals surface area contributed by atoms with Gasteiger partial charge in [-0.05, 0) is 68.3 Å². The summed E-state index contributed by atoms with van der Waals surface area (Å²) in [5.41, 5.74) is 3.53. The van der Waals surface area contributed by atoms with Crippen LogP contribution in [0.1, 0.15) is 28.4 Å². The molecule has 1 saturated heterocycles. The Balaban J connectivity index is 1.55. The van der Waals surface area contributed by atoms with Gasteiger partial charge in [0.05, 0.1) is 22.8 Å². The van der Waals surface area contributed by atoms with E-state index in [1.807, 2.05) is 6.07 Å². The van der Waals surface area contributed by atoms with Crippen LogP contribution >= 0.6 is 0 Å². The summed E-state index contributed by atoms with van der Waals surface area (Å²) < 4.78 is 48.1. The van der Waals surface area contributed by atoms with Gasteiger partial charge in [-0.3, -0.25) is 4.79 Å². The molecule has 0 aliphatic carbocycles. The average molecular weight is 512 g/mol. The zero-order valence-corrected chi connectivity index (χ0v) is 21.4. The second-order valence-electron chi connectivity index (χ2n) is 8.64. The molecule has 36 heavy (non-hydrogen) atoms. The van der Waals surface area contributed by atoms with Crippen LogP contribution in [0.5, 0.6) is 5.75 Å². The van der Waals surface area contributed by atoms with Crippen molar-refractivity contribution in [3.63, 3.8) is 0 Å². The van der Waals surface area contributed by atoms with Crippen molar-refractivity contribution in [2.75, 3.05) is 43.0 Å². The van der Waals surface area contributed by atoms with Crippen LogP contribution < -0.4 is 15.0 Å². The Bertz CT molecular complexity index is 1370. The number of aryl methyl sites for hydroxylation is 1. The number of rotatable bonds is 7. The van der Waals surface area contributed by atoms with Gasteiger partial charge in [-0.2, -0.15) is 4.31 Å². The van der Waals surface area contributed by atoms with Crippen molar-refractivity contribution in [2.45, 2.75) is 25.7 Å². The summed E-state index contributed by atoms with van der Waals surface area (Å²) >= 11 is 0. The molecule has 3 aromatic carbocycles. The fraction of sp³-hybridized carbons (Fsp3) is 0.296. The summed E-state index contributed by atoms with van der Waals surface area (Å²) in [6.07, 6.45) is 0. The molecule has 1 amide bonds. The van der Waals surface area contributed by atoms with Gasteiger partial charge >= 0.3 is 0 Å². The van der Waals surface area contributed by atoms with Gasteiger partial charge in [0.2, 0.25) is 10.0 Å². The first-order valence-electron chi connectivity index (χ1n) is 11.9. The van der Waals surface area contributed by atoms with E-state index in [4.69, 9.17) is 4.74 Å². The van der Waals surface area contributed by atoms with E-state index in [2.05, 4.69) is 36.2 Å². The Kier molecular flexibility index (Phi) is 7.61. The van der Waals surface area contributed by atoms with Gasteiger partial charge in [0.25, 0.3) is 5.91 Å². The largest absolute Gasteiger partial charge is 0.492 e. The zero-order chi connectivity index (χ0) is 25.9. The molecule has 1 aliphatic rings. The fourth-order valence-corrected chi connectivity index (χ4v) is 5.73. The molecule has 1 N–H and O–H groups in total. The minimum atomic E-state index is -3.82. The van der Waals surface area contributed by atoms with Gasteiger partial charge in [-0.25, -0.2) is 12.8 Å². The minimum absolute atomic E-state index is 0.0370. The van der Waals surface area contributed by atoms with Crippen LogP contribution in [0.3, 0.4) is 0 Å². The number of amides is 1. The molecule has 0 bridgehead atoms. The quantitative estimate of drug-likeness (QED) is 0.502. The topological polar surface area (TPSA) is 79.0 Å². The number of benzene rings is 3. The lowest BCUT2D eigenvalue weighted by Gasteiger charge is -2.36. The highest BCUT2D eigenvalue weighted by atomic mass is 32.2. The monoisotopic (exact) mass is 511 g/mol. The normalized spacial score (nSPS) is 14.5. The summed E-state index contributed by atoms with van der Waals surface area (Å²) in [5.74, 6) is -1.05. The van der Waals surface area contributed by atoms with Crippen molar-refractivity contribution in [1.82, 2.24) is 4.31 Å². The average Bonchev–Trinajstić information content (AvgIpc) is 2.87. The number of hydrogen-bond acceptors (Lipinski definition) is 5. The highest BCUT2D eigenvalue weighted by Gasteiger charge is 2.30. The van der Waals surface area contributed by atoms with Crippen molar-refractivity contribution in [2.24, 2.45) is 0 Å². The van der Waals surface area contributed by atoms with E-state index in [1.165, 1.54) is 51.8 Å². The molecule has 0 aromatic heterocycles. The van der Waals surface area contributed by atoms with Gasteiger partial charge in [-0.1, -0.05) is 24.3 Å². The molecule has 0 radical (unpaired) electrons. The van der Waals surface area contributed by atoms with Crippen LogP contribution in [0.2, 0.25) is 0 Å². The number of nitrogens with zero attached hydrogens (tertiary/aromatic N) is 2. The first-order valence-corrected chi connectivity index (χ1v) is 13.3. The number of sulfonamides is 1. The lowest BCUT2D eigenvalue weighted by Crippen LogP contribution is -2.48. The van der Waals surface area contributed by atoms with E-state index in [1.54, 1.807) is 13.0 Å². The highest BCUT2D eigenvalue weighted by molar-refractivity contribution is 7.89. The number of ether oxygens (including phenoxy) is 1. The van der Waals surface area contributed by atoms with Gasteiger partial charge in [0.1, 0.15) is 11.6 Å². The van der Waals surface area contributed by atoms with E-state index in [0.717, 1.165) is 5.69 Å². The standard InChI is InChI=1S/C27H30FN3O4S/c1-4-35-26-13-12-21(18-24(26)29-27(32)22-9-5-6-10-23(22)28)36(33,34)31-16-14-30(15-17-31)25-11-7-8-19(2)20(25)3/h5-13,18H,4,14-17H2,1-3H3,(H,29,32). The first kappa shape index (κ1) is 25.7. The van der Waals surface area contributed by atoms with E-state index < -0.39 is 21.7 Å². The predicted molar refractivity (Wildman–Crippen MR) is 139 cm³/mol. The Morgan fingerprint density at radius 2 is 1.72 bits per heavy atom. The predicted octanol–water partition coefficient (Wildman–Crippen LogP) is 4.60. The molecule has 190 valence electrons. The maximum Gasteiger partial charge on any atom is 0.258 e. The molecule has 1 aliphatic heterocycles. The van der Waals surface area contributed by atoms with Crippen LogP contribution in [0.25, 0.3) is 0 Å². The summed E-state index contributed by atoms with van der Waals surface area (Å²) in [4.78, 5) is 14.9. The summed E-state index contributed by atoms with van der Waals surface area (Å²) in [7, 11) is -3.82. The lowest BCUT2D eigenvalue weighted by molar-refractivity contribution is 0.102. The third kappa shape index (κ3) is 5.22. The molecule has 9 heteroatoms. The summed E-state index contributed by atoms with van der Waals surface area (Å²) in [6, 6.07) is 16.1. The SMILES string of the molecule is CCOc1ccc(S(=O)(=O)N2CCN(c3cccc(C)c3C)CC2)cc1NC(=O)c1ccccc1F. The summed E-state index contributed by atoms with van der Waals surface area (Å²) in [6.45, 7) is 8.03. The first-order chi connectivity index (χ1) is 17.2. The van der Waals surface area contributed by atoms with Gasteiger partial charge in [0.15, 0.2) is 0 Å². The van der Waals surface area contributed by atoms with E-state index in [-0.39, 0.29) is 16.1 Å². The number of halogens is 1. The van der Waals surface area contributed by atoms with Gasteiger partial charge < -0.3 is 15.0 Å². The Labute approximate surface area is 211 Å². The highest BCUT2D eigenvalue weighted by Crippen LogP contribution is 2.31. The van der Waals surface area contributed by atoms with Crippen LogP contribution in [0.15, 0.2) is 65.6 Å². The molecule has 1 heterocycles. The number of anilines is 2. The molecular weight excluding hydrogens is 481 g/mol. The Morgan fingerprint density at radius 3 is 2.42 bits per heavy atom. The van der Waals surface area contributed by atoms with Crippen LogP contribution in [0, 0.1) is 19.7 Å². The molecule has 3 aromatic rings. The van der Waals surface area contributed by atoms with Crippen LogP contribution in [0.4, 0.5) is 15.8 Å². The second kappa shape index (κ2) is 10.7. The molecule has 0 spiro atoms. The molecule has 4 rings (SSSR count). The molecule has 0 unspecified atom stereocenters. The number of nitrogens with one attached hydrogen (secondary N) is 1.